The maximum absolute atomic E-state index is 14.2. The number of hydrogen-bond donors (Lipinski definition) is 1. The van der Waals surface area contributed by atoms with E-state index in [1.54, 1.807) is 66.7 Å². The summed E-state index contributed by atoms with van der Waals surface area (Å²) in [6, 6.07) is 21.2. The Bertz CT molecular complexity index is 1430. The maximum atomic E-state index is 14.2. The third-order valence-electron chi connectivity index (χ3n) is 7.31. The van der Waals surface area contributed by atoms with Crippen LogP contribution >= 0.6 is 27.5 Å². The first-order valence-corrected chi connectivity index (χ1v) is 16.5. The molecule has 41 heavy (non-hydrogen) atoms. The van der Waals surface area contributed by atoms with E-state index in [0.717, 1.165) is 42.0 Å². The second-order valence-electron chi connectivity index (χ2n) is 10.2. The lowest BCUT2D eigenvalue weighted by Crippen LogP contribution is -2.54. The molecule has 0 bridgehead atoms. The van der Waals surface area contributed by atoms with Crippen molar-refractivity contribution in [2.45, 2.75) is 69.0 Å². The van der Waals surface area contributed by atoms with Gasteiger partial charge in [-0.3, -0.25) is 13.9 Å². The summed E-state index contributed by atoms with van der Waals surface area (Å²) in [6.07, 6.45) is 5.49. The van der Waals surface area contributed by atoms with E-state index in [4.69, 9.17) is 11.6 Å². The van der Waals surface area contributed by atoms with E-state index >= 15 is 0 Å². The third kappa shape index (κ3) is 8.11. The van der Waals surface area contributed by atoms with Gasteiger partial charge in [0.2, 0.25) is 11.8 Å². The third-order valence-corrected chi connectivity index (χ3v) is 9.84. The van der Waals surface area contributed by atoms with Crippen molar-refractivity contribution in [3.8, 4) is 0 Å². The number of benzene rings is 3. The van der Waals surface area contributed by atoms with Crippen LogP contribution < -0.4 is 9.62 Å². The van der Waals surface area contributed by atoms with Gasteiger partial charge in [-0.1, -0.05) is 90.1 Å². The average Bonchev–Trinajstić information content (AvgIpc) is 2.97. The number of rotatable bonds is 11. The van der Waals surface area contributed by atoms with Gasteiger partial charge in [-0.05, 0) is 67.3 Å². The Morgan fingerprint density at radius 3 is 2.29 bits per heavy atom. The SMILES string of the molecule is CC[C@@H](C(=O)NC1CCCCC1)N(Cc1ccc(Cl)cc1)C(=O)CN(c1cccc(Br)c1)S(=O)(=O)c1ccccc1. The van der Waals surface area contributed by atoms with Gasteiger partial charge in [-0.15, -0.1) is 0 Å². The van der Waals surface area contributed by atoms with Crippen molar-refractivity contribution in [1.29, 1.82) is 0 Å². The van der Waals surface area contributed by atoms with Gasteiger partial charge in [0.15, 0.2) is 0 Å². The molecule has 7 nitrogen and oxygen atoms in total. The van der Waals surface area contributed by atoms with Crippen molar-refractivity contribution < 1.29 is 18.0 Å². The number of amides is 2. The molecule has 0 radical (unpaired) electrons. The lowest BCUT2D eigenvalue weighted by Gasteiger charge is -2.34. The van der Waals surface area contributed by atoms with Crippen LogP contribution in [0.5, 0.6) is 0 Å². The molecule has 0 aliphatic heterocycles. The Labute approximate surface area is 256 Å². The van der Waals surface area contributed by atoms with E-state index in [1.165, 1.54) is 17.0 Å². The van der Waals surface area contributed by atoms with Gasteiger partial charge < -0.3 is 10.2 Å². The van der Waals surface area contributed by atoms with Crippen LogP contribution in [0.1, 0.15) is 51.0 Å². The van der Waals surface area contributed by atoms with Crippen LogP contribution in [0.15, 0.2) is 88.2 Å². The zero-order valence-electron chi connectivity index (χ0n) is 23.0. The molecule has 0 saturated heterocycles. The summed E-state index contributed by atoms with van der Waals surface area (Å²) >= 11 is 9.51. The Morgan fingerprint density at radius 1 is 0.976 bits per heavy atom. The molecule has 4 rings (SSSR count). The minimum Gasteiger partial charge on any atom is -0.352 e. The summed E-state index contributed by atoms with van der Waals surface area (Å²) in [5.41, 5.74) is 1.12. The van der Waals surface area contributed by atoms with Gasteiger partial charge in [-0.25, -0.2) is 8.42 Å². The lowest BCUT2D eigenvalue weighted by molar-refractivity contribution is -0.140. The standard InChI is InChI=1S/C31H35BrClN3O4S/c1-2-29(31(38)34-26-11-5-3-6-12-26)35(21-23-16-18-25(33)19-17-23)30(37)22-36(27-13-9-10-24(32)20-27)41(39,40)28-14-7-4-8-15-28/h4,7-10,13-20,26,29H,2-3,5-6,11-12,21-22H2,1H3,(H,34,38)/t29-/m0/s1. The molecule has 0 heterocycles. The predicted octanol–water partition coefficient (Wildman–Crippen LogP) is 6.55. The first-order chi connectivity index (χ1) is 19.7. The molecule has 1 aliphatic carbocycles. The van der Waals surface area contributed by atoms with E-state index in [0.29, 0.717) is 21.6 Å². The molecule has 3 aromatic rings. The molecule has 218 valence electrons. The van der Waals surface area contributed by atoms with Crippen LogP contribution in [-0.2, 0) is 26.2 Å². The largest absolute Gasteiger partial charge is 0.352 e. The molecule has 1 aliphatic rings. The number of carbonyl (C=O) groups is 2. The van der Waals surface area contributed by atoms with Crippen LogP contribution in [0.4, 0.5) is 5.69 Å². The summed E-state index contributed by atoms with van der Waals surface area (Å²) in [7, 11) is -4.11. The van der Waals surface area contributed by atoms with Crippen LogP contribution in [0, 0.1) is 0 Å². The molecule has 1 N–H and O–H groups in total. The fourth-order valence-corrected chi connectivity index (χ4v) is 7.07. The van der Waals surface area contributed by atoms with Crippen molar-refractivity contribution in [1.82, 2.24) is 10.2 Å². The molecular weight excluding hydrogens is 626 g/mol. The number of hydrogen-bond acceptors (Lipinski definition) is 4. The molecule has 10 heteroatoms. The maximum Gasteiger partial charge on any atom is 0.264 e. The predicted molar refractivity (Wildman–Crippen MR) is 166 cm³/mol. The van der Waals surface area contributed by atoms with E-state index in [9.17, 15) is 18.0 Å². The second kappa shape index (κ2) is 14.3. The molecule has 3 aromatic carbocycles. The smallest absolute Gasteiger partial charge is 0.264 e. The molecule has 0 spiro atoms. The Kier molecular flexibility index (Phi) is 10.9. The quantitative estimate of drug-likeness (QED) is 0.253. The molecule has 1 fully saturated rings. The second-order valence-corrected chi connectivity index (χ2v) is 13.4. The van der Waals surface area contributed by atoms with Gasteiger partial charge >= 0.3 is 0 Å². The van der Waals surface area contributed by atoms with Gasteiger partial charge in [0.1, 0.15) is 12.6 Å². The van der Waals surface area contributed by atoms with E-state index in [2.05, 4.69) is 21.2 Å². The number of nitrogens with zero attached hydrogens (tertiary/aromatic N) is 2. The summed E-state index contributed by atoms with van der Waals surface area (Å²) in [6.45, 7) is 1.51. The summed E-state index contributed by atoms with van der Waals surface area (Å²) in [5.74, 6) is -0.702. The van der Waals surface area contributed by atoms with Crippen LogP contribution in [0.3, 0.4) is 0 Å². The van der Waals surface area contributed by atoms with Crippen LogP contribution in [0.2, 0.25) is 5.02 Å². The molecule has 1 saturated carbocycles. The van der Waals surface area contributed by atoms with Crippen molar-refractivity contribution in [3.05, 3.63) is 93.9 Å². The zero-order valence-corrected chi connectivity index (χ0v) is 26.2. The number of nitrogens with one attached hydrogen (secondary N) is 1. The minimum absolute atomic E-state index is 0.0686. The number of halogens is 2. The summed E-state index contributed by atoms with van der Waals surface area (Å²) in [4.78, 5) is 29.3. The molecule has 0 aromatic heterocycles. The van der Waals surface area contributed by atoms with Crippen LogP contribution in [-0.4, -0.2) is 43.8 Å². The fraction of sp³-hybridized carbons (Fsp3) is 0.355. The monoisotopic (exact) mass is 659 g/mol. The van der Waals surface area contributed by atoms with Gasteiger partial charge in [-0.2, -0.15) is 0 Å². The number of sulfonamides is 1. The van der Waals surface area contributed by atoms with Gasteiger partial charge in [0.05, 0.1) is 10.6 Å². The van der Waals surface area contributed by atoms with E-state index in [-0.39, 0.29) is 23.4 Å². The normalized spacial score (nSPS) is 14.7. The lowest BCUT2D eigenvalue weighted by atomic mass is 9.95. The molecule has 2 amide bonds. The van der Waals surface area contributed by atoms with Crippen molar-refractivity contribution in [2.75, 3.05) is 10.8 Å². The Hall–Kier alpha value is -2.88. The van der Waals surface area contributed by atoms with E-state index < -0.39 is 28.5 Å². The topological polar surface area (TPSA) is 86.8 Å². The van der Waals surface area contributed by atoms with Crippen molar-refractivity contribution in [3.63, 3.8) is 0 Å². The Balaban J connectivity index is 1.69. The van der Waals surface area contributed by atoms with Crippen molar-refractivity contribution >= 4 is 55.1 Å². The Morgan fingerprint density at radius 2 is 1.66 bits per heavy atom. The van der Waals surface area contributed by atoms with Gasteiger partial charge in [0.25, 0.3) is 10.0 Å². The first-order valence-electron chi connectivity index (χ1n) is 13.9. The van der Waals surface area contributed by atoms with E-state index in [1.807, 2.05) is 6.92 Å². The molecule has 1 atom stereocenters. The number of anilines is 1. The van der Waals surface area contributed by atoms with Gasteiger partial charge in [0, 0.05) is 22.1 Å². The highest BCUT2D eigenvalue weighted by Gasteiger charge is 2.34. The average molecular weight is 661 g/mol. The highest BCUT2D eigenvalue weighted by Crippen LogP contribution is 2.27. The zero-order chi connectivity index (χ0) is 29.4. The molecular formula is C31H35BrClN3O4S. The van der Waals surface area contributed by atoms with Crippen molar-refractivity contribution in [2.24, 2.45) is 0 Å². The minimum atomic E-state index is -4.11. The number of carbonyl (C=O) groups excluding carboxylic acids is 2. The molecule has 0 unspecified atom stereocenters. The van der Waals surface area contributed by atoms with Crippen LogP contribution in [0.25, 0.3) is 0 Å². The summed E-state index contributed by atoms with van der Waals surface area (Å²) in [5, 5.41) is 3.72. The fourth-order valence-electron chi connectivity index (χ4n) is 5.13. The first kappa shape index (κ1) is 31.1. The summed E-state index contributed by atoms with van der Waals surface area (Å²) < 4.78 is 29.5. The highest BCUT2D eigenvalue weighted by molar-refractivity contribution is 9.10. The highest BCUT2D eigenvalue weighted by atomic mass is 79.9.